The Labute approximate surface area is 118 Å². The van der Waals surface area contributed by atoms with Crippen molar-refractivity contribution in [1.82, 2.24) is 4.90 Å². The molecule has 0 aliphatic carbocycles. The van der Waals surface area contributed by atoms with Gasteiger partial charge in [-0.2, -0.15) is 0 Å². The summed E-state index contributed by atoms with van der Waals surface area (Å²) in [5.41, 5.74) is 4.98. The van der Waals surface area contributed by atoms with Crippen LogP contribution in [0.3, 0.4) is 0 Å². The molecule has 1 rings (SSSR count). The second-order valence-corrected chi connectivity index (χ2v) is 4.95. The van der Waals surface area contributed by atoms with Gasteiger partial charge in [0.15, 0.2) is 0 Å². The molecule has 0 atom stereocenters. The minimum Gasteiger partial charge on any atom is -0.480 e. The zero-order valence-electron chi connectivity index (χ0n) is 10.6. The van der Waals surface area contributed by atoms with Gasteiger partial charge in [0, 0.05) is 6.92 Å². The Hall–Kier alpha value is -2.42. The lowest BCUT2D eigenvalue weighted by atomic mass is 10.3. The summed E-state index contributed by atoms with van der Waals surface area (Å²) in [4.78, 5) is 45.5. The Balaban J connectivity index is 2.87. The summed E-state index contributed by atoms with van der Waals surface area (Å²) in [6.07, 6.45) is 0. The first-order valence-electron chi connectivity index (χ1n) is 5.46. The van der Waals surface area contributed by atoms with Crippen LogP contribution in [0.5, 0.6) is 0 Å². The molecule has 1 aromatic heterocycles. The van der Waals surface area contributed by atoms with Crippen LogP contribution in [0.2, 0.25) is 0 Å². The van der Waals surface area contributed by atoms with E-state index in [1.165, 1.54) is 19.1 Å². The molecule has 0 spiro atoms. The van der Waals surface area contributed by atoms with Crippen molar-refractivity contribution in [3.63, 3.8) is 0 Å². The molecule has 3 amide bonds. The summed E-state index contributed by atoms with van der Waals surface area (Å²) in [5.74, 6) is -2.98. The van der Waals surface area contributed by atoms with E-state index in [1.54, 1.807) is 0 Å². The molecular formula is C11H13N3O5S. The smallest absolute Gasteiger partial charge is 0.323 e. The first-order chi connectivity index (χ1) is 9.29. The van der Waals surface area contributed by atoms with E-state index in [1.807, 2.05) is 0 Å². The third-order valence-electron chi connectivity index (χ3n) is 2.08. The Kier molecular flexibility index (Phi) is 5.21. The number of carboxylic acids is 1. The number of carboxylic acid groups (broad SMARTS) is 1. The Morgan fingerprint density at radius 2 is 1.95 bits per heavy atom. The molecule has 0 aromatic carbocycles. The van der Waals surface area contributed by atoms with Crippen LogP contribution in [0.15, 0.2) is 12.1 Å². The number of hydrogen-bond acceptors (Lipinski definition) is 5. The average Bonchev–Trinajstić information content (AvgIpc) is 2.73. The number of anilines is 1. The van der Waals surface area contributed by atoms with E-state index >= 15 is 0 Å². The van der Waals surface area contributed by atoms with Crippen LogP contribution in [0.25, 0.3) is 0 Å². The largest absolute Gasteiger partial charge is 0.480 e. The zero-order valence-corrected chi connectivity index (χ0v) is 11.4. The number of amides is 3. The molecule has 0 radical (unpaired) electrons. The first-order valence-corrected chi connectivity index (χ1v) is 6.28. The predicted molar refractivity (Wildman–Crippen MR) is 71.4 cm³/mol. The normalized spacial score (nSPS) is 9.85. The molecule has 0 fully saturated rings. The van der Waals surface area contributed by atoms with Gasteiger partial charge in [-0.15, -0.1) is 11.3 Å². The van der Waals surface area contributed by atoms with E-state index in [0.29, 0.717) is 5.00 Å². The molecule has 0 saturated heterocycles. The monoisotopic (exact) mass is 299 g/mol. The van der Waals surface area contributed by atoms with Crippen molar-refractivity contribution in [2.45, 2.75) is 6.92 Å². The number of nitrogens with zero attached hydrogens (tertiary/aromatic N) is 1. The average molecular weight is 299 g/mol. The van der Waals surface area contributed by atoms with E-state index in [9.17, 15) is 19.2 Å². The number of nitrogens with one attached hydrogen (secondary N) is 1. The van der Waals surface area contributed by atoms with Gasteiger partial charge in [-0.3, -0.25) is 19.2 Å². The van der Waals surface area contributed by atoms with Crippen molar-refractivity contribution in [2.24, 2.45) is 5.73 Å². The highest BCUT2D eigenvalue weighted by atomic mass is 32.1. The zero-order chi connectivity index (χ0) is 15.3. The van der Waals surface area contributed by atoms with Crippen molar-refractivity contribution in [1.29, 1.82) is 0 Å². The van der Waals surface area contributed by atoms with Crippen LogP contribution in [0, 0.1) is 0 Å². The fourth-order valence-electron chi connectivity index (χ4n) is 1.40. The maximum atomic E-state index is 12.1. The quantitative estimate of drug-likeness (QED) is 0.665. The summed E-state index contributed by atoms with van der Waals surface area (Å²) < 4.78 is 0. The second-order valence-electron chi connectivity index (χ2n) is 3.87. The van der Waals surface area contributed by atoms with E-state index in [2.05, 4.69) is 5.32 Å². The molecule has 0 unspecified atom stereocenters. The topological polar surface area (TPSA) is 130 Å². The van der Waals surface area contributed by atoms with E-state index in [0.717, 1.165) is 16.2 Å². The number of aliphatic carboxylic acids is 1. The molecule has 9 heteroatoms. The van der Waals surface area contributed by atoms with Gasteiger partial charge in [-0.05, 0) is 12.1 Å². The van der Waals surface area contributed by atoms with Crippen LogP contribution >= 0.6 is 11.3 Å². The number of rotatable bonds is 6. The molecule has 0 aliphatic rings. The van der Waals surface area contributed by atoms with Gasteiger partial charge in [0.25, 0.3) is 5.91 Å². The number of primary amides is 1. The molecule has 1 heterocycles. The lowest BCUT2D eigenvalue weighted by Crippen LogP contribution is -2.41. The number of carbonyl (C=O) groups is 4. The molecule has 108 valence electrons. The lowest BCUT2D eigenvalue weighted by molar-refractivity contribution is -0.138. The van der Waals surface area contributed by atoms with Gasteiger partial charge in [0.05, 0.1) is 9.88 Å². The van der Waals surface area contributed by atoms with Crippen LogP contribution in [0.4, 0.5) is 5.00 Å². The van der Waals surface area contributed by atoms with Gasteiger partial charge >= 0.3 is 5.97 Å². The van der Waals surface area contributed by atoms with E-state index in [-0.39, 0.29) is 10.8 Å². The maximum Gasteiger partial charge on any atom is 0.323 e. The predicted octanol–water partition coefficient (Wildman–Crippen LogP) is -0.281. The lowest BCUT2D eigenvalue weighted by Gasteiger charge is -2.17. The molecule has 8 nitrogen and oxygen atoms in total. The minimum absolute atomic E-state index is 0.205. The fourth-order valence-corrected chi connectivity index (χ4v) is 2.32. The number of nitrogens with two attached hydrogens (primary N) is 1. The summed E-state index contributed by atoms with van der Waals surface area (Å²) in [5, 5.41) is 11.7. The molecule has 4 N–H and O–H groups in total. The third kappa shape index (κ3) is 4.69. The maximum absolute atomic E-state index is 12.1. The molecule has 0 aliphatic heterocycles. The Morgan fingerprint density at radius 3 is 2.45 bits per heavy atom. The second kappa shape index (κ2) is 6.66. The highest BCUT2D eigenvalue weighted by Crippen LogP contribution is 2.23. The van der Waals surface area contributed by atoms with Crippen molar-refractivity contribution in [3.8, 4) is 0 Å². The minimum atomic E-state index is -1.25. The van der Waals surface area contributed by atoms with Crippen LogP contribution in [0.1, 0.15) is 16.6 Å². The van der Waals surface area contributed by atoms with Gasteiger partial charge in [0.2, 0.25) is 11.8 Å². The summed E-state index contributed by atoms with van der Waals surface area (Å²) in [6, 6.07) is 2.95. The number of thiophene rings is 1. The van der Waals surface area contributed by atoms with E-state index < -0.39 is 30.9 Å². The number of carbonyl (C=O) groups excluding carboxylic acids is 3. The van der Waals surface area contributed by atoms with Gasteiger partial charge in [-0.1, -0.05) is 0 Å². The molecule has 0 bridgehead atoms. The molecule has 20 heavy (non-hydrogen) atoms. The third-order valence-corrected chi connectivity index (χ3v) is 3.06. The van der Waals surface area contributed by atoms with E-state index in [4.69, 9.17) is 10.8 Å². The van der Waals surface area contributed by atoms with Gasteiger partial charge in [-0.25, -0.2) is 0 Å². The first kappa shape index (κ1) is 15.6. The van der Waals surface area contributed by atoms with Crippen molar-refractivity contribution >= 4 is 40.0 Å². The standard InChI is InChI=1S/C11H13N3O5S/c1-6(15)13-9-3-2-7(20-9)11(19)14(4-8(12)16)5-10(17)18/h2-3H,4-5H2,1H3,(H2,12,16)(H,13,15)(H,17,18). The highest BCUT2D eigenvalue weighted by molar-refractivity contribution is 7.18. The van der Waals surface area contributed by atoms with Crippen LogP contribution in [-0.4, -0.2) is 46.8 Å². The summed E-state index contributed by atoms with van der Waals surface area (Å²) >= 11 is 0.984. The van der Waals surface area contributed by atoms with Gasteiger partial charge < -0.3 is 21.1 Å². The SMILES string of the molecule is CC(=O)Nc1ccc(C(=O)N(CC(N)=O)CC(=O)O)s1. The molecule has 0 saturated carbocycles. The molecular weight excluding hydrogens is 286 g/mol. The Morgan fingerprint density at radius 1 is 1.30 bits per heavy atom. The fraction of sp³-hybridized carbons (Fsp3) is 0.273. The number of hydrogen-bond donors (Lipinski definition) is 3. The van der Waals surface area contributed by atoms with Crippen molar-refractivity contribution < 1.29 is 24.3 Å². The van der Waals surface area contributed by atoms with Gasteiger partial charge in [0.1, 0.15) is 13.1 Å². The summed E-state index contributed by atoms with van der Waals surface area (Å²) in [6.45, 7) is 0.207. The van der Waals surface area contributed by atoms with Crippen molar-refractivity contribution in [2.75, 3.05) is 18.4 Å². The Bertz CT molecular complexity index is 538. The highest BCUT2D eigenvalue weighted by Gasteiger charge is 2.21. The summed E-state index contributed by atoms with van der Waals surface area (Å²) in [7, 11) is 0. The van der Waals surface area contributed by atoms with Crippen LogP contribution in [-0.2, 0) is 14.4 Å². The van der Waals surface area contributed by atoms with Crippen LogP contribution < -0.4 is 11.1 Å². The molecule has 1 aromatic rings. The van der Waals surface area contributed by atoms with Crippen molar-refractivity contribution in [3.05, 3.63) is 17.0 Å².